The summed E-state index contributed by atoms with van der Waals surface area (Å²) in [7, 11) is 2.89. The molecule has 3 heterocycles. The number of fused-ring (bicyclic) bond motifs is 1. The summed E-state index contributed by atoms with van der Waals surface area (Å²) < 4.78 is 17.4. The number of aldehydes is 1. The maximum Gasteiger partial charge on any atom is 0.207 e. The van der Waals surface area contributed by atoms with Crippen LogP contribution in [0.4, 0.5) is 5.82 Å². The fourth-order valence-electron chi connectivity index (χ4n) is 6.72. The Kier molecular flexibility index (Phi) is 14.2. The van der Waals surface area contributed by atoms with E-state index in [-0.39, 0.29) is 0 Å². The van der Waals surface area contributed by atoms with E-state index in [2.05, 4.69) is 80.5 Å². The van der Waals surface area contributed by atoms with Gasteiger partial charge >= 0.3 is 0 Å². The molecule has 2 aliphatic heterocycles. The number of benzene rings is 2. The molecule has 1 aromatic heterocycles. The van der Waals surface area contributed by atoms with E-state index in [1.165, 1.54) is 34.9 Å². The van der Waals surface area contributed by atoms with Crippen molar-refractivity contribution in [3.05, 3.63) is 53.6 Å². The SMILES string of the molecule is CCNC1CCN(S(=O)c2cccc(CC(C)CN3CCC(c4ccc5c(NC)nn(C)c5c4)CC3)c2)CC1.O=CCCNC=O. The third-order valence-corrected chi connectivity index (χ3v) is 10.6. The summed E-state index contributed by atoms with van der Waals surface area (Å²) in [5, 5.41) is 14.9. The molecule has 46 heavy (non-hydrogen) atoms. The smallest absolute Gasteiger partial charge is 0.207 e. The van der Waals surface area contributed by atoms with Crippen molar-refractivity contribution >= 4 is 40.4 Å². The monoisotopic (exact) mass is 651 g/mol. The molecule has 3 aromatic rings. The Bertz CT molecular complexity index is 1410. The van der Waals surface area contributed by atoms with E-state index in [9.17, 15) is 13.8 Å². The van der Waals surface area contributed by atoms with Crippen LogP contribution in [0.2, 0.25) is 0 Å². The number of anilines is 1. The molecule has 0 bridgehead atoms. The summed E-state index contributed by atoms with van der Waals surface area (Å²) in [5.41, 5.74) is 3.95. The lowest BCUT2D eigenvalue weighted by atomic mass is 9.88. The highest BCUT2D eigenvalue weighted by molar-refractivity contribution is 7.82. The van der Waals surface area contributed by atoms with E-state index in [1.807, 2.05) is 24.8 Å². The molecule has 11 heteroatoms. The van der Waals surface area contributed by atoms with Crippen molar-refractivity contribution in [2.24, 2.45) is 13.0 Å². The summed E-state index contributed by atoms with van der Waals surface area (Å²) in [6.45, 7) is 11.2. The third-order valence-electron chi connectivity index (χ3n) is 9.10. The Labute approximate surface area is 277 Å². The van der Waals surface area contributed by atoms with E-state index in [0.717, 1.165) is 75.5 Å². The van der Waals surface area contributed by atoms with Crippen molar-refractivity contribution in [2.75, 3.05) is 58.2 Å². The first-order valence-electron chi connectivity index (χ1n) is 16.8. The maximum absolute atomic E-state index is 13.3. The van der Waals surface area contributed by atoms with E-state index >= 15 is 0 Å². The van der Waals surface area contributed by atoms with Crippen LogP contribution in [0.3, 0.4) is 0 Å². The van der Waals surface area contributed by atoms with Gasteiger partial charge in [-0.2, -0.15) is 5.10 Å². The summed E-state index contributed by atoms with van der Waals surface area (Å²) >= 11 is 0. The van der Waals surface area contributed by atoms with Gasteiger partial charge in [0, 0.05) is 58.1 Å². The normalized spacial score (nSPS) is 18.0. The molecule has 2 aromatic carbocycles. The van der Waals surface area contributed by atoms with Gasteiger partial charge in [-0.25, -0.2) is 8.51 Å². The van der Waals surface area contributed by atoms with Crippen LogP contribution in [0.5, 0.6) is 0 Å². The highest BCUT2D eigenvalue weighted by Gasteiger charge is 2.25. The van der Waals surface area contributed by atoms with Gasteiger partial charge in [0.15, 0.2) is 5.82 Å². The standard InChI is InChI=1S/C31H46N6OS.C4H7NO2/c1-5-33-27-13-17-37(18-14-27)39(38)28-8-6-7-24(20-28)19-23(2)22-36-15-11-25(12-16-36)26-9-10-29-30(21-26)35(4)34-31(29)32-3;6-3-1-2-5-4-7/h6-10,20-21,23,25,27,33H,5,11-19,22H2,1-4H3,(H,32,34);3-4H,1-2H2,(H,5,7). The Hall–Kier alpha value is -3.12. The van der Waals surface area contributed by atoms with Gasteiger partial charge in [-0.1, -0.05) is 32.0 Å². The lowest BCUT2D eigenvalue weighted by molar-refractivity contribution is -0.110. The molecular weight excluding hydrogens is 598 g/mol. The second kappa shape index (κ2) is 18.3. The van der Waals surface area contributed by atoms with Crippen LogP contribution in [-0.2, 0) is 34.0 Å². The summed E-state index contributed by atoms with van der Waals surface area (Å²) in [4.78, 5) is 22.6. The highest BCUT2D eigenvalue weighted by Crippen LogP contribution is 2.32. The lowest BCUT2D eigenvalue weighted by Gasteiger charge is -2.34. The number of piperidine rings is 2. The number of hydrogen-bond donors (Lipinski definition) is 3. The molecule has 0 spiro atoms. The fourth-order valence-corrected chi connectivity index (χ4v) is 8.00. The van der Waals surface area contributed by atoms with Crippen LogP contribution < -0.4 is 16.0 Å². The zero-order valence-electron chi connectivity index (χ0n) is 28.0. The summed E-state index contributed by atoms with van der Waals surface area (Å²) in [6.07, 6.45) is 7.31. The van der Waals surface area contributed by atoms with Gasteiger partial charge in [0.2, 0.25) is 6.41 Å². The lowest BCUT2D eigenvalue weighted by Crippen LogP contribution is -2.43. The predicted octanol–water partition coefficient (Wildman–Crippen LogP) is 4.09. The molecule has 252 valence electrons. The molecule has 2 atom stereocenters. The van der Waals surface area contributed by atoms with E-state index < -0.39 is 11.0 Å². The number of rotatable bonds is 14. The first kappa shape index (κ1) is 35.7. The van der Waals surface area contributed by atoms with Gasteiger partial charge in [-0.3, -0.25) is 9.48 Å². The Morgan fingerprint density at radius 1 is 1.04 bits per heavy atom. The highest BCUT2D eigenvalue weighted by atomic mass is 32.2. The van der Waals surface area contributed by atoms with Gasteiger partial charge < -0.3 is 25.6 Å². The second-order valence-electron chi connectivity index (χ2n) is 12.6. The number of hydrogen-bond acceptors (Lipinski definition) is 7. The Morgan fingerprint density at radius 3 is 2.48 bits per heavy atom. The minimum Gasteiger partial charge on any atom is -0.371 e. The molecule has 2 fully saturated rings. The van der Waals surface area contributed by atoms with E-state index in [4.69, 9.17) is 0 Å². The van der Waals surface area contributed by atoms with Crippen molar-refractivity contribution in [2.45, 2.75) is 69.2 Å². The van der Waals surface area contributed by atoms with E-state index in [0.29, 0.717) is 37.3 Å². The zero-order valence-corrected chi connectivity index (χ0v) is 28.9. The minimum absolute atomic E-state index is 0.402. The number of likely N-dealkylation sites (tertiary alicyclic amines) is 1. The van der Waals surface area contributed by atoms with Crippen LogP contribution in [0.25, 0.3) is 10.9 Å². The molecule has 2 unspecified atom stereocenters. The van der Waals surface area contributed by atoms with Crippen LogP contribution in [-0.4, -0.2) is 94.8 Å². The molecule has 2 aliphatic rings. The number of nitrogens with one attached hydrogen (secondary N) is 3. The first-order valence-corrected chi connectivity index (χ1v) is 17.9. The van der Waals surface area contributed by atoms with Gasteiger partial charge in [-0.05, 0) is 99.0 Å². The number of nitrogens with zero attached hydrogens (tertiary/aromatic N) is 4. The molecule has 2 saturated heterocycles. The molecular formula is C35H53N7O3S. The molecule has 5 rings (SSSR count). The average molecular weight is 652 g/mol. The fraction of sp³-hybridized carbons (Fsp3) is 0.571. The number of amides is 1. The number of aryl methyl sites for hydroxylation is 1. The molecule has 0 radical (unpaired) electrons. The summed E-state index contributed by atoms with van der Waals surface area (Å²) in [5.74, 6) is 2.12. The topological polar surface area (TPSA) is 112 Å². The van der Waals surface area contributed by atoms with Crippen LogP contribution in [0, 0.1) is 5.92 Å². The number of carbonyl (C=O) groups is 2. The quantitative estimate of drug-likeness (QED) is 0.178. The van der Waals surface area contributed by atoms with Crippen LogP contribution in [0.1, 0.15) is 63.0 Å². The number of aromatic nitrogens is 2. The zero-order chi connectivity index (χ0) is 32.9. The second-order valence-corrected chi connectivity index (χ2v) is 14.1. The first-order chi connectivity index (χ1) is 22.4. The number of carbonyl (C=O) groups excluding carboxylic acids is 2. The van der Waals surface area contributed by atoms with Crippen molar-refractivity contribution in [3.63, 3.8) is 0 Å². The average Bonchev–Trinajstić information content (AvgIpc) is 3.40. The van der Waals surface area contributed by atoms with Crippen LogP contribution >= 0.6 is 0 Å². The van der Waals surface area contributed by atoms with Crippen molar-refractivity contribution in [1.29, 1.82) is 0 Å². The Balaban J connectivity index is 0.000000617. The molecule has 0 aliphatic carbocycles. The maximum atomic E-state index is 13.3. The van der Waals surface area contributed by atoms with Crippen molar-refractivity contribution in [1.82, 2.24) is 29.6 Å². The van der Waals surface area contributed by atoms with Gasteiger partial charge in [0.1, 0.15) is 17.3 Å². The molecule has 3 N–H and O–H groups in total. The van der Waals surface area contributed by atoms with Crippen molar-refractivity contribution < 1.29 is 13.8 Å². The molecule has 0 saturated carbocycles. The van der Waals surface area contributed by atoms with Crippen LogP contribution in [0.15, 0.2) is 47.4 Å². The van der Waals surface area contributed by atoms with Crippen molar-refractivity contribution in [3.8, 4) is 0 Å². The predicted molar refractivity (Wildman–Crippen MR) is 187 cm³/mol. The van der Waals surface area contributed by atoms with Gasteiger partial charge in [-0.15, -0.1) is 0 Å². The van der Waals surface area contributed by atoms with Gasteiger partial charge in [0.05, 0.1) is 10.4 Å². The molecule has 10 nitrogen and oxygen atoms in total. The van der Waals surface area contributed by atoms with Gasteiger partial charge in [0.25, 0.3) is 0 Å². The minimum atomic E-state index is -1.07. The Morgan fingerprint density at radius 2 is 1.80 bits per heavy atom. The molecule has 1 amide bonds. The summed E-state index contributed by atoms with van der Waals surface area (Å²) in [6, 6.07) is 15.9. The third kappa shape index (κ3) is 9.94. The van der Waals surface area contributed by atoms with E-state index in [1.54, 1.807) is 0 Å². The largest absolute Gasteiger partial charge is 0.371 e.